The number of nitrogens with one attached hydrogen (secondary N) is 1. The predicted molar refractivity (Wildman–Crippen MR) is 114 cm³/mol. The molecule has 1 saturated heterocycles. The highest BCUT2D eigenvalue weighted by Gasteiger charge is 2.30. The molecule has 0 spiro atoms. The van der Waals surface area contributed by atoms with Crippen LogP contribution in [0.15, 0.2) is 60.0 Å². The Morgan fingerprint density at radius 2 is 1.93 bits per heavy atom. The van der Waals surface area contributed by atoms with Crippen molar-refractivity contribution in [3.63, 3.8) is 0 Å². The van der Waals surface area contributed by atoms with Crippen molar-refractivity contribution in [2.45, 2.75) is 19.1 Å². The number of methoxy groups -OCH3 is 1. The quantitative estimate of drug-likeness (QED) is 0.672. The lowest BCUT2D eigenvalue weighted by molar-refractivity contribution is -0.0692. The zero-order valence-corrected chi connectivity index (χ0v) is 17.2. The topological polar surface area (TPSA) is 63.7 Å². The molecule has 2 atom stereocenters. The number of nitrogens with zero attached hydrogens (tertiary/aromatic N) is 2. The van der Waals surface area contributed by atoms with Gasteiger partial charge in [-0.3, -0.25) is 4.79 Å². The number of anilines is 2. The number of hydrogen-bond donors (Lipinski definition) is 1. The first-order valence-corrected chi connectivity index (χ1v) is 10.4. The van der Waals surface area contributed by atoms with Crippen LogP contribution in [0.2, 0.25) is 0 Å². The molecule has 1 fully saturated rings. The van der Waals surface area contributed by atoms with Gasteiger partial charge in [0, 0.05) is 17.6 Å². The maximum absolute atomic E-state index is 13.0. The third-order valence-electron chi connectivity index (χ3n) is 4.78. The Labute approximate surface area is 174 Å². The smallest absolute Gasteiger partial charge is 0.273 e. The summed E-state index contributed by atoms with van der Waals surface area (Å²) in [5.41, 5.74) is 2.42. The Morgan fingerprint density at radius 3 is 2.66 bits per heavy atom. The van der Waals surface area contributed by atoms with Crippen molar-refractivity contribution in [1.29, 1.82) is 0 Å². The van der Waals surface area contributed by atoms with E-state index in [9.17, 15) is 4.79 Å². The van der Waals surface area contributed by atoms with Crippen LogP contribution in [0, 0.1) is 0 Å². The molecule has 7 heteroatoms. The van der Waals surface area contributed by atoms with Crippen molar-refractivity contribution >= 4 is 28.1 Å². The summed E-state index contributed by atoms with van der Waals surface area (Å²) in [6.07, 6.45) is -0.159. The van der Waals surface area contributed by atoms with Crippen LogP contribution in [0.25, 0.3) is 0 Å². The van der Waals surface area contributed by atoms with Crippen molar-refractivity contribution in [2.24, 2.45) is 0 Å². The number of rotatable bonds is 5. The summed E-state index contributed by atoms with van der Waals surface area (Å²) in [5, 5.41) is 5.71. The van der Waals surface area contributed by atoms with Crippen LogP contribution >= 0.6 is 11.3 Å². The number of aromatic nitrogens is 1. The minimum Gasteiger partial charge on any atom is -0.497 e. The van der Waals surface area contributed by atoms with Gasteiger partial charge in [0.2, 0.25) is 0 Å². The van der Waals surface area contributed by atoms with Crippen LogP contribution in [0.1, 0.15) is 29.1 Å². The number of carbonyl (C=O) groups is 1. The van der Waals surface area contributed by atoms with Gasteiger partial charge in [0.25, 0.3) is 5.91 Å². The van der Waals surface area contributed by atoms with E-state index < -0.39 is 0 Å². The van der Waals surface area contributed by atoms with Crippen LogP contribution in [-0.4, -0.2) is 42.1 Å². The van der Waals surface area contributed by atoms with Gasteiger partial charge in [-0.2, -0.15) is 0 Å². The van der Waals surface area contributed by atoms with E-state index in [0.717, 1.165) is 17.0 Å². The van der Waals surface area contributed by atoms with E-state index in [-0.39, 0.29) is 18.1 Å². The van der Waals surface area contributed by atoms with E-state index in [4.69, 9.17) is 9.47 Å². The molecular formula is C22H23N3O3S. The Hall–Kier alpha value is -2.90. The van der Waals surface area contributed by atoms with Gasteiger partial charge in [-0.15, -0.1) is 11.3 Å². The number of carbonyl (C=O) groups excluding carboxylic acids is 1. The molecule has 2 heterocycles. The lowest BCUT2D eigenvalue weighted by atomic mass is 10.1. The van der Waals surface area contributed by atoms with Gasteiger partial charge in [0.05, 0.1) is 19.8 Å². The van der Waals surface area contributed by atoms with Crippen molar-refractivity contribution in [3.05, 3.63) is 71.2 Å². The van der Waals surface area contributed by atoms with E-state index >= 15 is 0 Å². The maximum atomic E-state index is 13.0. The molecule has 0 bridgehead atoms. The van der Waals surface area contributed by atoms with Crippen LogP contribution in [-0.2, 0) is 4.74 Å². The van der Waals surface area contributed by atoms with E-state index in [2.05, 4.69) is 10.3 Å². The number of morpholine rings is 1. The summed E-state index contributed by atoms with van der Waals surface area (Å²) >= 11 is 1.41. The van der Waals surface area contributed by atoms with Crippen LogP contribution in [0.4, 0.5) is 10.8 Å². The van der Waals surface area contributed by atoms with Crippen molar-refractivity contribution < 1.29 is 14.3 Å². The second-order valence-corrected chi connectivity index (χ2v) is 7.81. The minimum atomic E-state index is -0.126. The Morgan fingerprint density at radius 1 is 1.17 bits per heavy atom. The lowest BCUT2D eigenvalue weighted by Gasteiger charge is -2.36. The first-order valence-electron chi connectivity index (χ1n) is 9.48. The van der Waals surface area contributed by atoms with Gasteiger partial charge in [-0.1, -0.05) is 30.3 Å². The molecule has 3 aromatic rings. The average molecular weight is 410 g/mol. The summed E-state index contributed by atoms with van der Waals surface area (Å²) in [7, 11) is 1.63. The summed E-state index contributed by atoms with van der Waals surface area (Å²) in [4.78, 5) is 19.4. The lowest BCUT2D eigenvalue weighted by Crippen LogP contribution is -2.46. The number of amides is 1. The van der Waals surface area contributed by atoms with E-state index in [0.29, 0.717) is 23.9 Å². The highest BCUT2D eigenvalue weighted by Crippen LogP contribution is 2.28. The highest BCUT2D eigenvalue weighted by atomic mass is 32.1. The number of ether oxygens (including phenoxy) is 2. The van der Waals surface area contributed by atoms with Crippen molar-refractivity contribution in [1.82, 2.24) is 9.88 Å². The third-order valence-corrected chi connectivity index (χ3v) is 5.54. The molecule has 150 valence electrons. The van der Waals surface area contributed by atoms with Gasteiger partial charge in [-0.25, -0.2) is 4.98 Å². The first kappa shape index (κ1) is 19.4. The number of benzene rings is 2. The maximum Gasteiger partial charge on any atom is 0.273 e. The van der Waals surface area contributed by atoms with Gasteiger partial charge >= 0.3 is 0 Å². The van der Waals surface area contributed by atoms with Gasteiger partial charge < -0.3 is 19.7 Å². The Balaban J connectivity index is 1.45. The first-order chi connectivity index (χ1) is 14.1. The Bertz CT molecular complexity index is 959. The zero-order valence-electron chi connectivity index (χ0n) is 16.4. The monoisotopic (exact) mass is 409 g/mol. The second kappa shape index (κ2) is 8.63. The average Bonchev–Trinajstić information content (AvgIpc) is 3.22. The van der Waals surface area contributed by atoms with Crippen molar-refractivity contribution in [2.75, 3.05) is 25.5 Å². The summed E-state index contributed by atoms with van der Waals surface area (Å²) < 4.78 is 11.2. The van der Waals surface area contributed by atoms with Crippen molar-refractivity contribution in [3.8, 4) is 5.75 Å². The third kappa shape index (κ3) is 4.58. The number of thiazole rings is 1. The molecule has 6 nitrogen and oxygen atoms in total. The SMILES string of the molecule is COc1ccc(Nc2nc(C(=O)N3CC(C)OC(c4ccccc4)C3)cs2)cc1. The molecule has 0 aliphatic carbocycles. The molecule has 1 aliphatic heterocycles. The minimum absolute atomic E-state index is 0.0339. The molecule has 1 aromatic heterocycles. The fourth-order valence-electron chi connectivity index (χ4n) is 3.36. The molecule has 4 rings (SSSR count). The zero-order chi connectivity index (χ0) is 20.2. The second-order valence-electron chi connectivity index (χ2n) is 6.95. The predicted octanol–water partition coefficient (Wildman–Crippen LogP) is 4.50. The normalized spacial score (nSPS) is 19.0. The molecule has 1 amide bonds. The van der Waals surface area contributed by atoms with E-state index in [1.54, 1.807) is 12.5 Å². The van der Waals surface area contributed by atoms with Gasteiger partial charge in [0.1, 0.15) is 17.5 Å². The van der Waals surface area contributed by atoms with Crippen LogP contribution in [0.3, 0.4) is 0 Å². The molecule has 0 saturated carbocycles. The summed E-state index contributed by atoms with van der Waals surface area (Å²) in [5.74, 6) is 0.722. The standard InChI is InChI=1S/C22H23N3O3S/c1-15-12-25(13-20(28-15)16-6-4-3-5-7-16)21(26)19-14-29-22(24-19)23-17-8-10-18(27-2)11-9-17/h3-11,14-15,20H,12-13H2,1-2H3,(H,23,24). The molecular weight excluding hydrogens is 386 g/mol. The highest BCUT2D eigenvalue weighted by molar-refractivity contribution is 7.14. The summed E-state index contributed by atoms with van der Waals surface area (Å²) in [6.45, 7) is 3.07. The Kier molecular flexibility index (Phi) is 5.78. The largest absolute Gasteiger partial charge is 0.497 e. The molecule has 29 heavy (non-hydrogen) atoms. The van der Waals surface area contributed by atoms with Gasteiger partial charge in [0.15, 0.2) is 5.13 Å². The number of hydrogen-bond acceptors (Lipinski definition) is 6. The van der Waals surface area contributed by atoms with E-state index in [1.807, 2.05) is 66.4 Å². The molecule has 2 aromatic carbocycles. The molecule has 1 aliphatic rings. The molecule has 1 N–H and O–H groups in total. The van der Waals surface area contributed by atoms with Crippen LogP contribution in [0.5, 0.6) is 5.75 Å². The fraction of sp³-hybridized carbons (Fsp3) is 0.273. The summed E-state index contributed by atoms with van der Waals surface area (Å²) in [6, 6.07) is 17.6. The van der Waals surface area contributed by atoms with Gasteiger partial charge in [-0.05, 0) is 36.8 Å². The van der Waals surface area contributed by atoms with Crippen LogP contribution < -0.4 is 10.1 Å². The van der Waals surface area contributed by atoms with E-state index in [1.165, 1.54) is 11.3 Å². The molecule has 0 radical (unpaired) electrons. The molecule has 2 unspecified atom stereocenters. The fourth-order valence-corrected chi connectivity index (χ4v) is 4.06.